The van der Waals surface area contributed by atoms with Crippen molar-refractivity contribution in [2.45, 2.75) is 13.0 Å². The predicted molar refractivity (Wildman–Crippen MR) is 66.8 cm³/mol. The van der Waals surface area contributed by atoms with Gasteiger partial charge >= 0.3 is 0 Å². The molecule has 94 valence electrons. The summed E-state index contributed by atoms with van der Waals surface area (Å²) in [4.78, 5) is 6.12. The number of halogens is 1. The van der Waals surface area contributed by atoms with E-state index in [1.54, 1.807) is 23.3 Å². The Labute approximate surface area is 104 Å². The van der Waals surface area contributed by atoms with Gasteiger partial charge in [0.15, 0.2) is 11.6 Å². The van der Waals surface area contributed by atoms with Gasteiger partial charge in [-0.2, -0.15) is 5.10 Å². The maximum atomic E-state index is 13.9. The quantitative estimate of drug-likeness (QED) is 0.887. The molecule has 2 aromatic rings. The molecule has 0 bridgehead atoms. The zero-order valence-electron chi connectivity index (χ0n) is 9.88. The van der Waals surface area contributed by atoms with Crippen molar-refractivity contribution in [3.05, 3.63) is 36.0 Å². The molecule has 2 aromatic heterocycles. The van der Waals surface area contributed by atoms with Gasteiger partial charge in [0.05, 0.1) is 18.4 Å². The monoisotopic (exact) mass is 247 g/mol. The van der Waals surface area contributed by atoms with E-state index in [4.69, 9.17) is 5.73 Å². The highest BCUT2D eigenvalue weighted by Crippen LogP contribution is 2.22. The molecular formula is C12H14FN5. The fourth-order valence-corrected chi connectivity index (χ4v) is 1.97. The van der Waals surface area contributed by atoms with Crippen LogP contribution < -0.4 is 10.6 Å². The first-order valence-electron chi connectivity index (χ1n) is 5.90. The Bertz CT molecular complexity index is 561. The summed E-state index contributed by atoms with van der Waals surface area (Å²) in [6.07, 6.45) is 6.07. The molecule has 0 radical (unpaired) electrons. The number of nitrogens with zero attached hydrogens (tertiary/aromatic N) is 4. The van der Waals surface area contributed by atoms with Crippen molar-refractivity contribution in [1.82, 2.24) is 14.8 Å². The molecule has 2 N–H and O–H groups in total. The van der Waals surface area contributed by atoms with Crippen LogP contribution >= 0.6 is 0 Å². The average molecular weight is 247 g/mol. The summed E-state index contributed by atoms with van der Waals surface area (Å²) >= 11 is 0. The number of rotatable bonds is 3. The van der Waals surface area contributed by atoms with Crippen LogP contribution in [0.2, 0.25) is 0 Å². The summed E-state index contributed by atoms with van der Waals surface area (Å²) in [5.41, 5.74) is 6.95. The van der Waals surface area contributed by atoms with E-state index in [9.17, 15) is 4.39 Å². The molecule has 1 saturated heterocycles. The van der Waals surface area contributed by atoms with Crippen LogP contribution in [0, 0.1) is 5.82 Å². The normalized spacial score (nSPS) is 14.6. The van der Waals surface area contributed by atoms with Gasteiger partial charge in [-0.05, 0) is 18.1 Å². The number of hydrogen-bond acceptors (Lipinski definition) is 4. The van der Waals surface area contributed by atoms with Crippen LogP contribution in [0.1, 0.15) is 12.0 Å². The lowest BCUT2D eigenvalue weighted by Crippen LogP contribution is -2.38. The smallest absolute Gasteiger partial charge is 0.166 e. The summed E-state index contributed by atoms with van der Waals surface area (Å²) in [6.45, 7) is 2.25. The van der Waals surface area contributed by atoms with Crippen molar-refractivity contribution in [2.75, 3.05) is 23.7 Å². The van der Waals surface area contributed by atoms with Gasteiger partial charge in [-0.25, -0.2) is 9.37 Å². The molecule has 0 aliphatic carbocycles. The van der Waals surface area contributed by atoms with Crippen molar-refractivity contribution < 1.29 is 4.39 Å². The number of anilines is 2. The number of hydrogen-bond donors (Lipinski definition) is 1. The molecule has 1 fully saturated rings. The molecule has 6 heteroatoms. The van der Waals surface area contributed by atoms with Crippen LogP contribution in [0.4, 0.5) is 15.9 Å². The number of aromatic nitrogens is 3. The van der Waals surface area contributed by atoms with E-state index in [0.717, 1.165) is 25.1 Å². The third-order valence-electron chi connectivity index (χ3n) is 3.03. The van der Waals surface area contributed by atoms with Gasteiger partial charge in [0.1, 0.15) is 0 Å². The molecule has 0 atom stereocenters. The molecule has 1 aliphatic rings. The second-order valence-electron chi connectivity index (χ2n) is 4.46. The van der Waals surface area contributed by atoms with Crippen molar-refractivity contribution in [3.8, 4) is 0 Å². The lowest BCUT2D eigenvalue weighted by molar-refractivity contribution is 0.559. The summed E-state index contributed by atoms with van der Waals surface area (Å²) in [7, 11) is 0. The fraction of sp³-hybridized carbons (Fsp3) is 0.333. The van der Waals surface area contributed by atoms with Crippen LogP contribution in [0.25, 0.3) is 0 Å². The first kappa shape index (κ1) is 11.0. The first-order valence-corrected chi connectivity index (χ1v) is 5.90. The van der Waals surface area contributed by atoms with E-state index in [-0.39, 0.29) is 5.82 Å². The molecule has 18 heavy (non-hydrogen) atoms. The van der Waals surface area contributed by atoms with Gasteiger partial charge in [0, 0.05) is 25.5 Å². The zero-order chi connectivity index (χ0) is 12.5. The Kier molecular flexibility index (Phi) is 2.62. The van der Waals surface area contributed by atoms with Gasteiger partial charge < -0.3 is 10.6 Å². The standard InChI is InChI=1S/C12H14FN5/c13-11-4-9(7-18-8-10(14)6-16-18)5-15-12(11)17-2-1-3-17/h4-6,8H,1-3,7,14H2. The summed E-state index contributed by atoms with van der Waals surface area (Å²) in [6, 6.07) is 1.51. The van der Waals surface area contributed by atoms with E-state index in [0.29, 0.717) is 18.1 Å². The van der Waals surface area contributed by atoms with Crippen molar-refractivity contribution >= 4 is 11.5 Å². The van der Waals surface area contributed by atoms with Crippen LogP contribution in [-0.4, -0.2) is 27.9 Å². The summed E-state index contributed by atoms with van der Waals surface area (Å²) < 4.78 is 15.5. The van der Waals surface area contributed by atoms with Crippen LogP contribution in [0.15, 0.2) is 24.7 Å². The largest absolute Gasteiger partial charge is 0.396 e. The van der Waals surface area contributed by atoms with Crippen LogP contribution in [-0.2, 0) is 6.54 Å². The van der Waals surface area contributed by atoms with Gasteiger partial charge in [-0.1, -0.05) is 0 Å². The van der Waals surface area contributed by atoms with E-state index >= 15 is 0 Å². The molecule has 1 aliphatic heterocycles. The van der Waals surface area contributed by atoms with Gasteiger partial charge in [0.25, 0.3) is 0 Å². The highest BCUT2D eigenvalue weighted by Gasteiger charge is 2.19. The maximum absolute atomic E-state index is 13.9. The third kappa shape index (κ3) is 2.01. The summed E-state index contributed by atoms with van der Waals surface area (Å²) in [5.74, 6) is 0.178. The predicted octanol–water partition coefficient (Wildman–Crippen LogP) is 1.26. The minimum Gasteiger partial charge on any atom is -0.396 e. The molecule has 0 saturated carbocycles. The number of nitrogens with two attached hydrogens (primary N) is 1. The highest BCUT2D eigenvalue weighted by molar-refractivity contribution is 5.43. The zero-order valence-corrected chi connectivity index (χ0v) is 9.88. The van der Waals surface area contributed by atoms with Gasteiger partial charge in [-0.3, -0.25) is 4.68 Å². The molecule has 0 amide bonds. The summed E-state index contributed by atoms with van der Waals surface area (Å²) in [5, 5.41) is 4.06. The van der Waals surface area contributed by atoms with Gasteiger partial charge in [0.2, 0.25) is 0 Å². The molecule has 0 spiro atoms. The minimum atomic E-state index is -0.271. The topological polar surface area (TPSA) is 60.0 Å². The highest BCUT2D eigenvalue weighted by atomic mass is 19.1. The van der Waals surface area contributed by atoms with Crippen molar-refractivity contribution in [1.29, 1.82) is 0 Å². The lowest BCUT2D eigenvalue weighted by atomic mass is 10.2. The number of pyridine rings is 1. The SMILES string of the molecule is Nc1cnn(Cc2cnc(N3CCC3)c(F)c2)c1. The molecule has 0 unspecified atom stereocenters. The second-order valence-corrected chi connectivity index (χ2v) is 4.46. The molecule has 3 rings (SSSR count). The first-order chi connectivity index (χ1) is 8.72. The lowest BCUT2D eigenvalue weighted by Gasteiger charge is -2.32. The Hall–Kier alpha value is -2.11. The molecule has 3 heterocycles. The Morgan fingerprint density at radius 2 is 2.17 bits per heavy atom. The van der Waals surface area contributed by atoms with E-state index in [1.165, 1.54) is 6.07 Å². The molecule has 5 nitrogen and oxygen atoms in total. The van der Waals surface area contributed by atoms with Gasteiger partial charge in [-0.15, -0.1) is 0 Å². The van der Waals surface area contributed by atoms with E-state index in [1.807, 2.05) is 4.90 Å². The van der Waals surface area contributed by atoms with Crippen molar-refractivity contribution in [3.63, 3.8) is 0 Å². The van der Waals surface area contributed by atoms with E-state index < -0.39 is 0 Å². The average Bonchev–Trinajstić information content (AvgIpc) is 2.65. The maximum Gasteiger partial charge on any atom is 0.166 e. The second kappa shape index (κ2) is 4.29. The van der Waals surface area contributed by atoms with E-state index in [2.05, 4.69) is 10.1 Å². The fourth-order valence-electron chi connectivity index (χ4n) is 1.97. The Morgan fingerprint density at radius 1 is 1.33 bits per heavy atom. The Balaban J connectivity index is 1.79. The molecule has 0 aromatic carbocycles. The van der Waals surface area contributed by atoms with Crippen LogP contribution in [0.3, 0.4) is 0 Å². The van der Waals surface area contributed by atoms with Crippen LogP contribution in [0.5, 0.6) is 0 Å². The van der Waals surface area contributed by atoms with Crippen molar-refractivity contribution in [2.24, 2.45) is 0 Å². The minimum absolute atomic E-state index is 0.271. The Morgan fingerprint density at radius 3 is 2.72 bits per heavy atom. The molecular weight excluding hydrogens is 233 g/mol. The number of nitrogen functional groups attached to an aromatic ring is 1. The third-order valence-corrected chi connectivity index (χ3v) is 3.03.